The first-order valence-corrected chi connectivity index (χ1v) is 5.55. The molecule has 0 spiro atoms. The van der Waals surface area contributed by atoms with Crippen molar-refractivity contribution in [3.63, 3.8) is 0 Å². The molecule has 1 aromatic carbocycles. The minimum Gasteiger partial charge on any atom is -0.338 e. The molecule has 0 saturated heterocycles. The van der Waals surface area contributed by atoms with Gasteiger partial charge < -0.3 is 4.98 Å². The fraction of sp³-hybridized carbons (Fsp3) is 0. The maximum absolute atomic E-state index is 13.3. The van der Waals surface area contributed by atoms with Crippen LogP contribution in [0.2, 0.25) is 0 Å². The van der Waals surface area contributed by atoms with E-state index in [1.54, 1.807) is 6.07 Å². The van der Waals surface area contributed by atoms with Gasteiger partial charge in [0, 0.05) is 10.9 Å². The number of halogens is 1. The molecule has 0 bridgehead atoms. The number of nitrogens with one attached hydrogen (secondary N) is 2. The Morgan fingerprint density at radius 2 is 2.22 bits per heavy atom. The highest BCUT2D eigenvalue weighted by atomic mass is 32.1. The Morgan fingerprint density at radius 1 is 1.33 bits per heavy atom. The van der Waals surface area contributed by atoms with Crippen LogP contribution in [-0.4, -0.2) is 29.8 Å². The third-order valence-electron chi connectivity index (χ3n) is 2.76. The van der Waals surface area contributed by atoms with Crippen molar-refractivity contribution in [2.45, 2.75) is 0 Å². The fourth-order valence-electron chi connectivity index (χ4n) is 1.96. The van der Waals surface area contributed by atoms with Gasteiger partial charge in [-0.3, -0.25) is 0 Å². The molecule has 88 valence electrons. The van der Waals surface area contributed by atoms with E-state index < -0.39 is 0 Å². The van der Waals surface area contributed by atoms with Crippen LogP contribution in [0.25, 0.3) is 27.8 Å². The van der Waals surface area contributed by atoms with Gasteiger partial charge in [-0.05, 0) is 30.4 Å². The largest absolute Gasteiger partial charge is 0.338 e. The highest BCUT2D eigenvalue weighted by molar-refractivity contribution is 7.71. The highest BCUT2D eigenvalue weighted by Gasteiger charge is 2.10. The number of hydrogen-bond acceptors (Lipinski definition) is 4. The van der Waals surface area contributed by atoms with Gasteiger partial charge in [0.1, 0.15) is 11.3 Å². The van der Waals surface area contributed by atoms with Gasteiger partial charge >= 0.3 is 0 Å². The lowest BCUT2D eigenvalue weighted by Gasteiger charge is -1.92. The molecule has 6 nitrogen and oxygen atoms in total. The minimum atomic E-state index is -0.318. The summed E-state index contributed by atoms with van der Waals surface area (Å²) in [5.41, 5.74) is 1.89. The number of fused-ring (bicyclic) bond motifs is 4. The van der Waals surface area contributed by atoms with Crippen LogP contribution < -0.4 is 0 Å². The topological polar surface area (TPSA) is 74.7 Å². The quantitative estimate of drug-likeness (QED) is 0.474. The molecule has 0 amide bonds. The van der Waals surface area contributed by atoms with Crippen LogP contribution in [0.4, 0.5) is 4.39 Å². The second-order valence-electron chi connectivity index (χ2n) is 3.86. The molecule has 0 radical (unpaired) electrons. The van der Waals surface area contributed by atoms with Crippen molar-refractivity contribution in [3.05, 3.63) is 28.8 Å². The maximum atomic E-state index is 13.3. The third kappa shape index (κ3) is 1.15. The summed E-state index contributed by atoms with van der Waals surface area (Å²) in [5.74, 6) is 0.0561. The van der Waals surface area contributed by atoms with Crippen LogP contribution in [0.3, 0.4) is 0 Å². The van der Waals surface area contributed by atoms with Crippen LogP contribution in [0, 0.1) is 10.6 Å². The number of aromatic nitrogens is 6. The normalized spacial score (nSPS) is 11.8. The monoisotopic (exact) mass is 260 g/mol. The van der Waals surface area contributed by atoms with E-state index >= 15 is 0 Å². The molecule has 3 heterocycles. The van der Waals surface area contributed by atoms with Crippen molar-refractivity contribution in [2.24, 2.45) is 0 Å². The van der Waals surface area contributed by atoms with E-state index in [0.717, 1.165) is 5.52 Å². The summed E-state index contributed by atoms with van der Waals surface area (Å²) in [6.45, 7) is 0. The standard InChI is InChI=1S/C10H5FN6S/c11-4-1-2-6-5(3-4)7-8(12-6)13-9-14-15-10(18)17(9)16-7/h1-3H,(H,15,18)(H,12,13,14). The Morgan fingerprint density at radius 3 is 3.11 bits per heavy atom. The van der Waals surface area contributed by atoms with E-state index in [4.69, 9.17) is 12.2 Å². The molecule has 4 rings (SSSR count). The van der Waals surface area contributed by atoms with Crippen molar-refractivity contribution in [1.82, 2.24) is 29.8 Å². The predicted octanol–water partition coefficient (Wildman–Crippen LogP) is 1.96. The summed E-state index contributed by atoms with van der Waals surface area (Å²) in [7, 11) is 0. The third-order valence-corrected chi connectivity index (χ3v) is 3.02. The molecule has 0 saturated carbocycles. The van der Waals surface area contributed by atoms with Crippen molar-refractivity contribution >= 4 is 40.1 Å². The Balaban J connectivity index is 2.30. The van der Waals surface area contributed by atoms with Crippen molar-refractivity contribution in [1.29, 1.82) is 0 Å². The van der Waals surface area contributed by atoms with E-state index in [2.05, 4.69) is 25.3 Å². The lowest BCUT2D eigenvalue weighted by molar-refractivity contribution is 0.630. The van der Waals surface area contributed by atoms with Gasteiger partial charge in [0.2, 0.25) is 4.77 Å². The first-order chi connectivity index (χ1) is 8.72. The average molecular weight is 260 g/mol. The molecule has 0 unspecified atom stereocenters. The molecule has 0 aliphatic carbocycles. The molecule has 0 aliphatic rings. The van der Waals surface area contributed by atoms with Gasteiger partial charge in [-0.1, -0.05) is 0 Å². The van der Waals surface area contributed by atoms with E-state index in [1.807, 2.05) is 0 Å². The molecule has 2 N–H and O–H groups in total. The van der Waals surface area contributed by atoms with Gasteiger partial charge in [-0.15, -0.1) is 5.10 Å². The lowest BCUT2D eigenvalue weighted by Crippen LogP contribution is -1.94. The molecular weight excluding hydrogens is 255 g/mol. The number of rotatable bonds is 0. The lowest BCUT2D eigenvalue weighted by atomic mass is 10.2. The highest BCUT2D eigenvalue weighted by Crippen LogP contribution is 2.23. The van der Waals surface area contributed by atoms with Gasteiger partial charge in [0.15, 0.2) is 5.65 Å². The zero-order chi connectivity index (χ0) is 12.3. The summed E-state index contributed by atoms with van der Waals surface area (Å²) in [4.78, 5) is 7.34. The van der Waals surface area contributed by atoms with Gasteiger partial charge in [0.05, 0.1) is 0 Å². The number of nitrogens with zero attached hydrogens (tertiary/aromatic N) is 4. The maximum Gasteiger partial charge on any atom is 0.272 e. The molecular formula is C10H5FN6S. The summed E-state index contributed by atoms with van der Waals surface area (Å²) < 4.78 is 15.0. The SMILES string of the molecule is Fc1ccc2[nH]c3nc4n[nH]c(=S)n4nc3c2c1. The molecule has 0 fully saturated rings. The van der Waals surface area contributed by atoms with Crippen LogP contribution in [0.15, 0.2) is 18.2 Å². The molecule has 8 heteroatoms. The number of aromatic amines is 2. The Kier molecular flexibility index (Phi) is 1.67. The van der Waals surface area contributed by atoms with Crippen LogP contribution in [-0.2, 0) is 0 Å². The second-order valence-corrected chi connectivity index (χ2v) is 4.25. The molecule has 3 aromatic heterocycles. The Bertz CT molecular complexity index is 965. The van der Waals surface area contributed by atoms with Crippen molar-refractivity contribution in [2.75, 3.05) is 0 Å². The molecule has 4 aromatic rings. The van der Waals surface area contributed by atoms with Crippen LogP contribution in [0.5, 0.6) is 0 Å². The number of H-pyrrole nitrogens is 2. The molecule has 0 atom stereocenters. The van der Waals surface area contributed by atoms with E-state index in [1.165, 1.54) is 16.6 Å². The van der Waals surface area contributed by atoms with E-state index in [-0.39, 0.29) is 5.82 Å². The van der Waals surface area contributed by atoms with E-state index in [0.29, 0.717) is 27.1 Å². The van der Waals surface area contributed by atoms with Gasteiger partial charge in [-0.25, -0.2) is 9.49 Å². The van der Waals surface area contributed by atoms with Crippen LogP contribution in [0.1, 0.15) is 0 Å². The zero-order valence-corrected chi connectivity index (χ0v) is 9.62. The smallest absolute Gasteiger partial charge is 0.272 e. The predicted molar refractivity (Wildman–Crippen MR) is 65.3 cm³/mol. The zero-order valence-electron chi connectivity index (χ0n) is 8.81. The second kappa shape index (κ2) is 3.10. The van der Waals surface area contributed by atoms with Gasteiger partial charge in [0.25, 0.3) is 5.78 Å². The Labute approximate surface area is 103 Å². The minimum absolute atomic E-state index is 0.318. The first-order valence-electron chi connectivity index (χ1n) is 5.15. The average Bonchev–Trinajstić information content (AvgIpc) is 2.89. The van der Waals surface area contributed by atoms with Crippen LogP contribution >= 0.6 is 12.2 Å². The summed E-state index contributed by atoms with van der Waals surface area (Å²) in [5, 5.41) is 11.5. The Hall–Kier alpha value is -2.35. The van der Waals surface area contributed by atoms with E-state index in [9.17, 15) is 4.39 Å². The van der Waals surface area contributed by atoms with Crippen molar-refractivity contribution < 1.29 is 4.39 Å². The fourth-order valence-corrected chi connectivity index (χ4v) is 2.13. The summed E-state index contributed by atoms with van der Waals surface area (Å²) >= 11 is 5.03. The summed E-state index contributed by atoms with van der Waals surface area (Å²) in [6.07, 6.45) is 0. The molecule has 18 heavy (non-hydrogen) atoms. The van der Waals surface area contributed by atoms with Gasteiger partial charge in [-0.2, -0.15) is 14.6 Å². The molecule has 0 aliphatic heterocycles. The number of benzene rings is 1. The summed E-state index contributed by atoms with van der Waals surface area (Å²) in [6, 6.07) is 4.45. The first kappa shape index (κ1) is 9.66. The van der Waals surface area contributed by atoms with Crippen molar-refractivity contribution in [3.8, 4) is 0 Å². The number of hydrogen-bond donors (Lipinski definition) is 2.